The van der Waals surface area contributed by atoms with E-state index in [1.165, 1.54) is 0 Å². The highest BCUT2D eigenvalue weighted by Crippen LogP contribution is 2.51. The molecule has 60 valence electrons. The van der Waals surface area contributed by atoms with E-state index >= 15 is 0 Å². The van der Waals surface area contributed by atoms with E-state index in [4.69, 9.17) is 10.2 Å². The zero-order valence-corrected chi connectivity index (χ0v) is 6.71. The van der Waals surface area contributed by atoms with Gasteiger partial charge in [0.25, 0.3) is 0 Å². The number of nitrogens with two attached hydrogens (primary N) is 1. The largest absolute Gasteiger partial charge is 0.467 e. The molecule has 0 aliphatic heterocycles. The van der Waals surface area contributed by atoms with Gasteiger partial charge >= 0.3 is 0 Å². The zero-order valence-electron chi connectivity index (χ0n) is 6.71. The van der Waals surface area contributed by atoms with E-state index < -0.39 is 0 Å². The van der Waals surface area contributed by atoms with Crippen LogP contribution >= 0.6 is 0 Å². The standard InChI is InChI=1S/C9H13NO/c1-2-7-6-9(7,10)8-4-3-5-11-8/h3-5,7H,2,6,10H2,1H3. The number of hydrogen-bond acceptors (Lipinski definition) is 2. The Morgan fingerprint density at radius 1 is 1.82 bits per heavy atom. The minimum atomic E-state index is -0.127. The average molecular weight is 151 g/mol. The second kappa shape index (κ2) is 2.11. The van der Waals surface area contributed by atoms with Crippen molar-refractivity contribution in [2.24, 2.45) is 11.7 Å². The van der Waals surface area contributed by atoms with Crippen molar-refractivity contribution in [3.8, 4) is 0 Å². The molecule has 1 aliphatic carbocycles. The summed E-state index contributed by atoms with van der Waals surface area (Å²) < 4.78 is 5.27. The smallest absolute Gasteiger partial charge is 0.123 e. The Labute approximate surface area is 66.4 Å². The minimum absolute atomic E-state index is 0.127. The Bertz CT molecular complexity index is 242. The molecule has 2 nitrogen and oxygen atoms in total. The Balaban J connectivity index is 2.19. The van der Waals surface area contributed by atoms with Gasteiger partial charge in [-0.1, -0.05) is 13.3 Å². The third kappa shape index (κ3) is 0.897. The van der Waals surface area contributed by atoms with E-state index in [9.17, 15) is 0 Å². The first-order chi connectivity index (χ1) is 5.27. The first-order valence-electron chi connectivity index (χ1n) is 4.10. The molecule has 2 rings (SSSR count). The summed E-state index contributed by atoms with van der Waals surface area (Å²) in [5.41, 5.74) is 5.95. The van der Waals surface area contributed by atoms with Crippen LogP contribution in [-0.4, -0.2) is 0 Å². The molecule has 1 saturated carbocycles. The lowest BCUT2D eigenvalue weighted by Crippen LogP contribution is -2.21. The summed E-state index contributed by atoms with van der Waals surface area (Å²) in [5.74, 6) is 1.58. The lowest BCUT2D eigenvalue weighted by atomic mass is 10.1. The molecule has 1 heterocycles. The quantitative estimate of drug-likeness (QED) is 0.700. The normalized spacial score (nSPS) is 35.6. The summed E-state index contributed by atoms with van der Waals surface area (Å²) in [6.07, 6.45) is 3.92. The highest BCUT2D eigenvalue weighted by molar-refractivity contribution is 5.22. The summed E-state index contributed by atoms with van der Waals surface area (Å²) in [5, 5.41) is 0. The molecule has 0 spiro atoms. The van der Waals surface area contributed by atoms with Gasteiger partial charge in [0.05, 0.1) is 11.8 Å². The SMILES string of the molecule is CCC1CC1(N)c1ccco1. The van der Waals surface area contributed by atoms with Gasteiger partial charge in [-0.15, -0.1) is 0 Å². The van der Waals surface area contributed by atoms with Crippen molar-refractivity contribution in [1.82, 2.24) is 0 Å². The maximum absolute atomic E-state index is 6.07. The Morgan fingerprint density at radius 2 is 2.64 bits per heavy atom. The van der Waals surface area contributed by atoms with Crippen LogP contribution in [0.15, 0.2) is 22.8 Å². The molecule has 0 saturated heterocycles. The highest BCUT2D eigenvalue weighted by atomic mass is 16.3. The molecule has 2 atom stereocenters. The fraction of sp³-hybridized carbons (Fsp3) is 0.556. The van der Waals surface area contributed by atoms with Gasteiger partial charge in [0.1, 0.15) is 5.76 Å². The lowest BCUT2D eigenvalue weighted by Gasteiger charge is -2.05. The fourth-order valence-corrected chi connectivity index (χ4v) is 1.70. The minimum Gasteiger partial charge on any atom is -0.467 e. The second-order valence-electron chi connectivity index (χ2n) is 3.33. The van der Waals surface area contributed by atoms with Crippen LogP contribution < -0.4 is 5.73 Å². The van der Waals surface area contributed by atoms with Crippen molar-refractivity contribution < 1.29 is 4.42 Å². The fourth-order valence-electron chi connectivity index (χ4n) is 1.70. The molecule has 1 aromatic rings. The predicted molar refractivity (Wildman–Crippen MR) is 43.0 cm³/mol. The monoisotopic (exact) mass is 151 g/mol. The molecule has 0 amide bonds. The molecule has 0 radical (unpaired) electrons. The van der Waals surface area contributed by atoms with Gasteiger partial charge in [-0.05, 0) is 24.5 Å². The Morgan fingerprint density at radius 3 is 3.09 bits per heavy atom. The van der Waals surface area contributed by atoms with Gasteiger partial charge in [0.2, 0.25) is 0 Å². The summed E-state index contributed by atoms with van der Waals surface area (Å²) in [6, 6.07) is 3.87. The maximum atomic E-state index is 6.07. The van der Waals surface area contributed by atoms with E-state index in [2.05, 4.69) is 6.92 Å². The van der Waals surface area contributed by atoms with Crippen molar-refractivity contribution in [2.75, 3.05) is 0 Å². The zero-order chi connectivity index (χ0) is 7.90. The van der Waals surface area contributed by atoms with Crippen LogP contribution in [0.2, 0.25) is 0 Å². The maximum Gasteiger partial charge on any atom is 0.123 e. The van der Waals surface area contributed by atoms with Crippen molar-refractivity contribution in [2.45, 2.75) is 25.3 Å². The van der Waals surface area contributed by atoms with E-state index in [1.807, 2.05) is 12.1 Å². The van der Waals surface area contributed by atoms with Gasteiger partial charge in [-0.3, -0.25) is 0 Å². The summed E-state index contributed by atoms with van der Waals surface area (Å²) in [4.78, 5) is 0. The van der Waals surface area contributed by atoms with Crippen LogP contribution in [0, 0.1) is 5.92 Å². The highest BCUT2D eigenvalue weighted by Gasteiger charge is 2.52. The average Bonchev–Trinajstić information content (AvgIpc) is 2.55. The van der Waals surface area contributed by atoms with Gasteiger partial charge < -0.3 is 10.2 Å². The molecule has 1 fully saturated rings. The molecule has 2 unspecified atom stereocenters. The lowest BCUT2D eigenvalue weighted by molar-refractivity contribution is 0.434. The van der Waals surface area contributed by atoms with Crippen molar-refractivity contribution >= 4 is 0 Å². The van der Waals surface area contributed by atoms with Crippen LogP contribution in [0.3, 0.4) is 0 Å². The third-order valence-electron chi connectivity index (χ3n) is 2.63. The molecule has 1 aliphatic rings. The van der Waals surface area contributed by atoms with Crippen molar-refractivity contribution in [3.05, 3.63) is 24.2 Å². The Hall–Kier alpha value is -0.760. The Kier molecular flexibility index (Phi) is 1.33. The molecule has 1 aromatic heterocycles. The van der Waals surface area contributed by atoms with E-state index in [-0.39, 0.29) is 5.54 Å². The predicted octanol–water partition coefficient (Wildman–Crippen LogP) is 1.86. The first kappa shape index (κ1) is 6.92. The summed E-state index contributed by atoms with van der Waals surface area (Å²) >= 11 is 0. The van der Waals surface area contributed by atoms with Crippen LogP contribution in [0.5, 0.6) is 0 Å². The van der Waals surface area contributed by atoms with Crippen LogP contribution in [0.25, 0.3) is 0 Å². The number of furan rings is 1. The van der Waals surface area contributed by atoms with Crippen molar-refractivity contribution in [3.63, 3.8) is 0 Å². The third-order valence-corrected chi connectivity index (χ3v) is 2.63. The van der Waals surface area contributed by atoms with E-state index in [1.54, 1.807) is 6.26 Å². The van der Waals surface area contributed by atoms with Gasteiger partial charge in [0.15, 0.2) is 0 Å². The van der Waals surface area contributed by atoms with Gasteiger partial charge in [-0.25, -0.2) is 0 Å². The van der Waals surface area contributed by atoms with Crippen LogP contribution in [0.4, 0.5) is 0 Å². The molecule has 0 aromatic carbocycles. The van der Waals surface area contributed by atoms with Gasteiger partial charge in [-0.2, -0.15) is 0 Å². The molecular weight excluding hydrogens is 138 g/mol. The number of rotatable bonds is 2. The number of hydrogen-bond donors (Lipinski definition) is 1. The summed E-state index contributed by atoms with van der Waals surface area (Å²) in [7, 11) is 0. The van der Waals surface area contributed by atoms with Gasteiger partial charge in [0, 0.05) is 0 Å². The molecule has 2 N–H and O–H groups in total. The van der Waals surface area contributed by atoms with E-state index in [0.29, 0.717) is 5.92 Å². The molecule has 2 heteroatoms. The summed E-state index contributed by atoms with van der Waals surface area (Å²) in [6.45, 7) is 2.17. The van der Waals surface area contributed by atoms with Crippen molar-refractivity contribution in [1.29, 1.82) is 0 Å². The van der Waals surface area contributed by atoms with Crippen LogP contribution in [0.1, 0.15) is 25.5 Å². The van der Waals surface area contributed by atoms with Crippen LogP contribution in [-0.2, 0) is 5.54 Å². The molecule has 11 heavy (non-hydrogen) atoms. The van der Waals surface area contributed by atoms with E-state index in [0.717, 1.165) is 18.6 Å². The molecule has 0 bridgehead atoms. The second-order valence-corrected chi connectivity index (χ2v) is 3.33. The first-order valence-corrected chi connectivity index (χ1v) is 4.10. The topological polar surface area (TPSA) is 39.2 Å². The molecular formula is C9H13NO.